The van der Waals surface area contributed by atoms with Crippen molar-refractivity contribution in [3.05, 3.63) is 46.8 Å². The molecule has 0 saturated carbocycles. The minimum Gasteiger partial charge on any atom is -0.269 e. The van der Waals surface area contributed by atoms with Crippen LogP contribution in [0.3, 0.4) is 0 Å². The van der Waals surface area contributed by atoms with E-state index in [2.05, 4.69) is 0 Å². The van der Waals surface area contributed by atoms with Crippen molar-refractivity contribution in [3.8, 4) is 0 Å². The van der Waals surface area contributed by atoms with Gasteiger partial charge in [-0.05, 0) is 36.1 Å². The summed E-state index contributed by atoms with van der Waals surface area (Å²) >= 11 is 6.90. The third-order valence-corrected chi connectivity index (χ3v) is 6.35. The summed E-state index contributed by atoms with van der Waals surface area (Å²) in [4.78, 5) is 0. The van der Waals surface area contributed by atoms with E-state index in [9.17, 15) is 8.42 Å². The molecule has 19 heavy (non-hydrogen) atoms. The molecule has 0 aliphatic rings. The molecule has 0 fully saturated rings. The van der Waals surface area contributed by atoms with Crippen LogP contribution in [0.1, 0.15) is 11.1 Å². The van der Waals surface area contributed by atoms with Gasteiger partial charge in [0, 0.05) is 12.9 Å². The maximum atomic E-state index is 12.4. The molecule has 0 atom stereocenters. The van der Waals surface area contributed by atoms with Crippen molar-refractivity contribution in [1.29, 1.82) is 0 Å². The molecule has 1 aromatic heterocycles. The zero-order chi connectivity index (χ0) is 14.0. The lowest BCUT2D eigenvalue weighted by molar-refractivity contribution is 0.596. The Kier molecular flexibility index (Phi) is 4.18. The first-order valence-electron chi connectivity index (χ1n) is 5.64. The Morgan fingerprint density at radius 2 is 1.89 bits per heavy atom. The molecule has 0 spiro atoms. The molecule has 0 aliphatic heterocycles. The van der Waals surface area contributed by atoms with Crippen LogP contribution in [0, 0.1) is 6.92 Å². The highest BCUT2D eigenvalue weighted by Crippen LogP contribution is 2.27. The third-order valence-electron chi connectivity index (χ3n) is 2.80. The SMILES string of the molecule is Cc1ccc(N(C)S(=O)(=O)c2cc(CCl)cs2)cc1. The summed E-state index contributed by atoms with van der Waals surface area (Å²) in [6, 6.07) is 8.99. The molecule has 0 bridgehead atoms. The van der Waals surface area contributed by atoms with Crippen LogP contribution in [0.2, 0.25) is 0 Å². The van der Waals surface area contributed by atoms with E-state index in [1.807, 2.05) is 19.1 Å². The monoisotopic (exact) mass is 315 g/mol. The molecule has 2 rings (SSSR count). The lowest BCUT2D eigenvalue weighted by Crippen LogP contribution is -2.25. The Labute approximate surface area is 122 Å². The van der Waals surface area contributed by atoms with Gasteiger partial charge in [-0.25, -0.2) is 8.42 Å². The molecule has 0 unspecified atom stereocenters. The zero-order valence-corrected chi connectivity index (χ0v) is 13.0. The number of anilines is 1. The fourth-order valence-electron chi connectivity index (χ4n) is 1.59. The Morgan fingerprint density at radius 3 is 2.42 bits per heavy atom. The normalized spacial score (nSPS) is 11.5. The molecule has 0 saturated heterocycles. The maximum Gasteiger partial charge on any atom is 0.273 e. The van der Waals surface area contributed by atoms with Gasteiger partial charge in [-0.1, -0.05) is 17.7 Å². The van der Waals surface area contributed by atoms with Gasteiger partial charge in [-0.2, -0.15) is 0 Å². The van der Waals surface area contributed by atoms with Crippen LogP contribution >= 0.6 is 22.9 Å². The number of sulfonamides is 1. The second-order valence-corrected chi connectivity index (χ2v) is 7.59. The lowest BCUT2D eigenvalue weighted by Gasteiger charge is -2.18. The van der Waals surface area contributed by atoms with E-state index >= 15 is 0 Å². The number of halogens is 1. The Bertz CT molecular complexity index is 662. The molecule has 0 N–H and O–H groups in total. The highest BCUT2D eigenvalue weighted by molar-refractivity contribution is 7.94. The smallest absolute Gasteiger partial charge is 0.269 e. The van der Waals surface area contributed by atoms with Crippen LogP contribution in [-0.2, 0) is 15.9 Å². The Hall–Kier alpha value is -1.04. The summed E-state index contributed by atoms with van der Waals surface area (Å²) in [5.74, 6) is 0.320. The molecule has 0 aliphatic carbocycles. The van der Waals surface area contributed by atoms with Crippen molar-refractivity contribution in [2.24, 2.45) is 0 Å². The van der Waals surface area contributed by atoms with Gasteiger partial charge in [-0.15, -0.1) is 22.9 Å². The van der Waals surface area contributed by atoms with E-state index in [0.717, 1.165) is 11.1 Å². The summed E-state index contributed by atoms with van der Waals surface area (Å²) < 4.78 is 26.5. The standard InChI is InChI=1S/C13H14ClNO2S2/c1-10-3-5-12(6-4-10)15(2)19(16,17)13-7-11(8-14)9-18-13/h3-7,9H,8H2,1-2H3. The van der Waals surface area contributed by atoms with Crippen LogP contribution in [0.25, 0.3) is 0 Å². The van der Waals surface area contributed by atoms with Crippen LogP contribution in [0.5, 0.6) is 0 Å². The van der Waals surface area contributed by atoms with Gasteiger partial charge in [0.05, 0.1) is 5.69 Å². The van der Waals surface area contributed by atoms with Crippen molar-refractivity contribution in [1.82, 2.24) is 0 Å². The van der Waals surface area contributed by atoms with Gasteiger partial charge in [0.15, 0.2) is 0 Å². The van der Waals surface area contributed by atoms with E-state index in [1.54, 1.807) is 30.6 Å². The van der Waals surface area contributed by atoms with Crippen molar-refractivity contribution < 1.29 is 8.42 Å². The van der Waals surface area contributed by atoms with Gasteiger partial charge >= 0.3 is 0 Å². The summed E-state index contributed by atoms with van der Waals surface area (Å²) in [5, 5.41) is 1.77. The molecule has 2 aromatic rings. The van der Waals surface area contributed by atoms with Gasteiger partial charge < -0.3 is 0 Å². The molecule has 1 aromatic carbocycles. The number of alkyl halides is 1. The number of benzene rings is 1. The highest BCUT2D eigenvalue weighted by Gasteiger charge is 2.23. The predicted octanol–water partition coefficient (Wildman–Crippen LogP) is 3.62. The third kappa shape index (κ3) is 2.94. The number of hydrogen-bond acceptors (Lipinski definition) is 3. The van der Waals surface area contributed by atoms with Crippen molar-refractivity contribution >= 4 is 38.6 Å². The van der Waals surface area contributed by atoms with Crippen LogP contribution < -0.4 is 4.31 Å². The summed E-state index contributed by atoms with van der Waals surface area (Å²) in [6.45, 7) is 1.96. The van der Waals surface area contributed by atoms with E-state index in [4.69, 9.17) is 11.6 Å². The fourth-order valence-corrected chi connectivity index (χ4v) is 4.41. The molecule has 3 nitrogen and oxygen atoms in total. The molecule has 0 radical (unpaired) electrons. The van der Waals surface area contributed by atoms with E-state index in [-0.39, 0.29) is 0 Å². The average molecular weight is 316 g/mol. The minimum absolute atomic E-state index is 0.311. The van der Waals surface area contributed by atoms with Crippen molar-refractivity contribution in [3.63, 3.8) is 0 Å². The van der Waals surface area contributed by atoms with Crippen LogP contribution in [0.4, 0.5) is 5.69 Å². The number of nitrogens with zero attached hydrogens (tertiary/aromatic N) is 1. The van der Waals surface area contributed by atoms with Crippen LogP contribution in [-0.4, -0.2) is 15.5 Å². The summed E-state index contributed by atoms with van der Waals surface area (Å²) in [6.07, 6.45) is 0. The molecule has 102 valence electrons. The maximum absolute atomic E-state index is 12.4. The topological polar surface area (TPSA) is 37.4 Å². The number of thiophene rings is 1. The van der Waals surface area contributed by atoms with E-state index in [1.165, 1.54) is 15.6 Å². The largest absolute Gasteiger partial charge is 0.273 e. The molecule has 1 heterocycles. The fraction of sp³-hybridized carbons (Fsp3) is 0.231. The Morgan fingerprint density at radius 1 is 1.26 bits per heavy atom. The second-order valence-electron chi connectivity index (χ2n) is 4.22. The van der Waals surface area contributed by atoms with Crippen LogP contribution in [0.15, 0.2) is 39.9 Å². The van der Waals surface area contributed by atoms with Crippen molar-refractivity contribution in [2.75, 3.05) is 11.4 Å². The lowest BCUT2D eigenvalue weighted by atomic mass is 10.2. The van der Waals surface area contributed by atoms with E-state index < -0.39 is 10.0 Å². The molecular weight excluding hydrogens is 302 g/mol. The second kappa shape index (κ2) is 5.53. The Balaban J connectivity index is 2.36. The first kappa shape index (κ1) is 14.4. The van der Waals surface area contributed by atoms with Gasteiger partial charge in [0.2, 0.25) is 0 Å². The van der Waals surface area contributed by atoms with Crippen molar-refractivity contribution in [2.45, 2.75) is 17.0 Å². The van der Waals surface area contributed by atoms with Gasteiger partial charge in [0.25, 0.3) is 10.0 Å². The minimum atomic E-state index is -3.50. The zero-order valence-electron chi connectivity index (χ0n) is 10.6. The number of hydrogen-bond donors (Lipinski definition) is 0. The molecular formula is C13H14ClNO2S2. The van der Waals surface area contributed by atoms with E-state index in [0.29, 0.717) is 15.8 Å². The first-order chi connectivity index (χ1) is 8.95. The first-order valence-corrected chi connectivity index (χ1v) is 8.49. The quantitative estimate of drug-likeness (QED) is 0.808. The summed E-state index contributed by atoms with van der Waals surface area (Å²) in [5.41, 5.74) is 2.56. The number of aryl methyl sites for hydroxylation is 1. The van der Waals surface area contributed by atoms with Gasteiger partial charge in [-0.3, -0.25) is 4.31 Å². The average Bonchev–Trinajstić information content (AvgIpc) is 2.88. The highest BCUT2D eigenvalue weighted by atomic mass is 35.5. The molecule has 6 heteroatoms. The number of rotatable bonds is 4. The predicted molar refractivity (Wildman–Crippen MR) is 80.6 cm³/mol. The van der Waals surface area contributed by atoms with Gasteiger partial charge in [0.1, 0.15) is 4.21 Å². The molecule has 0 amide bonds. The summed E-state index contributed by atoms with van der Waals surface area (Å²) in [7, 11) is -1.95.